The number of nitrogens with zero attached hydrogens (tertiary/aromatic N) is 1. The van der Waals surface area contributed by atoms with Crippen molar-refractivity contribution in [2.75, 3.05) is 0 Å². The lowest BCUT2D eigenvalue weighted by molar-refractivity contribution is -0.00510. The van der Waals surface area contributed by atoms with Gasteiger partial charge in [-0.25, -0.2) is 4.90 Å². The van der Waals surface area contributed by atoms with Gasteiger partial charge in [0.15, 0.2) is 0 Å². The van der Waals surface area contributed by atoms with Crippen LogP contribution < -0.4 is 0 Å². The van der Waals surface area contributed by atoms with Crippen LogP contribution in [-0.4, -0.2) is 27.8 Å². The molecule has 0 bridgehead atoms. The molecule has 2 amide bonds. The van der Waals surface area contributed by atoms with Crippen LogP contribution in [0.15, 0.2) is 54.6 Å². The molecule has 1 heterocycles. The second kappa shape index (κ2) is 6.48. The van der Waals surface area contributed by atoms with Crippen molar-refractivity contribution in [2.45, 2.75) is 25.5 Å². The first-order valence-corrected chi connectivity index (χ1v) is 8.82. The van der Waals surface area contributed by atoms with Crippen molar-refractivity contribution >= 4 is 20.1 Å². The molecule has 3 rings (SSSR count). The van der Waals surface area contributed by atoms with Gasteiger partial charge in [0, 0.05) is 9.98 Å². The molecule has 7 heteroatoms. The summed E-state index contributed by atoms with van der Waals surface area (Å²) in [5.41, 5.74) is 0.396. The molecule has 6 nitrogen and oxygen atoms in total. The van der Waals surface area contributed by atoms with Crippen molar-refractivity contribution in [1.82, 2.24) is 4.90 Å². The highest BCUT2D eigenvalue weighted by Crippen LogP contribution is 2.39. The molecule has 1 N–H and O–H groups in total. The summed E-state index contributed by atoms with van der Waals surface area (Å²) in [6, 6.07) is 15.5. The monoisotopic (exact) mass is 358 g/mol. The van der Waals surface area contributed by atoms with E-state index in [0.29, 0.717) is 0 Å². The molecule has 2 aromatic carbocycles. The van der Waals surface area contributed by atoms with Crippen LogP contribution in [0.4, 0.5) is 0 Å². The van der Waals surface area contributed by atoms with Gasteiger partial charge in [-0.1, -0.05) is 60.8 Å². The molecule has 2 unspecified atom stereocenters. The third-order valence-electron chi connectivity index (χ3n) is 4.39. The summed E-state index contributed by atoms with van der Waals surface area (Å²) in [4.78, 5) is 35.8. The minimum atomic E-state index is -3.02. The number of hydrogen-bond donors (Lipinski definition) is 1. The van der Waals surface area contributed by atoms with Gasteiger partial charge in [-0.3, -0.25) is 9.59 Å². The number of carbonyl (C=O) groups is 2. The molecule has 2 aromatic rings. The van der Waals surface area contributed by atoms with Crippen molar-refractivity contribution in [3.8, 4) is 0 Å². The lowest BCUT2D eigenvalue weighted by Crippen LogP contribution is -2.51. The summed E-state index contributed by atoms with van der Waals surface area (Å²) in [6.07, 6.45) is -1.23. The SMILES string of the molecule is CC(C)(c1ccccc1)C(O[P+](=O)O)N1C(=O)c2ccccc2C1=O. The van der Waals surface area contributed by atoms with Crippen LogP contribution in [0.25, 0.3) is 0 Å². The van der Waals surface area contributed by atoms with E-state index in [4.69, 9.17) is 4.52 Å². The second-order valence-electron chi connectivity index (χ2n) is 6.31. The predicted octanol–water partition coefficient (Wildman–Crippen LogP) is 3.25. The van der Waals surface area contributed by atoms with Crippen molar-refractivity contribution in [3.63, 3.8) is 0 Å². The Morgan fingerprint density at radius 2 is 1.44 bits per heavy atom. The van der Waals surface area contributed by atoms with E-state index in [0.717, 1.165) is 10.5 Å². The molecule has 0 fully saturated rings. The highest BCUT2D eigenvalue weighted by atomic mass is 31.1. The molecule has 1 aliphatic rings. The molecule has 0 saturated heterocycles. The molecule has 128 valence electrons. The quantitative estimate of drug-likeness (QED) is 0.655. The lowest BCUT2D eigenvalue weighted by atomic mass is 9.82. The van der Waals surface area contributed by atoms with Gasteiger partial charge in [-0.05, 0) is 17.7 Å². The van der Waals surface area contributed by atoms with E-state index in [2.05, 4.69) is 0 Å². The van der Waals surface area contributed by atoms with E-state index in [1.165, 1.54) is 0 Å². The van der Waals surface area contributed by atoms with Crippen molar-refractivity contribution in [3.05, 3.63) is 71.3 Å². The van der Waals surface area contributed by atoms with Gasteiger partial charge < -0.3 is 0 Å². The number of benzene rings is 2. The first-order chi connectivity index (χ1) is 11.8. The van der Waals surface area contributed by atoms with Gasteiger partial charge >= 0.3 is 8.25 Å². The molecule has 0 saturated carbocycles. The van der Waals surface area contributed by atoms with Gasteiger partial charge in [0.25, 0.3) is 11.8 Å². The summed E-state index contributed by atoms with van der Waals surface area (Å²) >= 11 is 0. The second-order valence-corrected chi connectivity index (χ2v) is 7.00. The number of amides is 2. The third-order valence-corrected chi connectivity index (χ3v) is 4.77. The Morgan fingerprint density at radius 3 is 1.92 bits per heavy atom. The zero-order valence-corrected chi connectivity index (χ0v) is 14.6. The summed E-state index contributed by atoms with van der Waals surface area (Å²) in [5.74, 6) is -1.07. The summed E-state index contributed by atoms with van der Waals surface area (Å²) in [5, 5.41) is 0. The normalized spacial score (nSPS) is 16.0. The molecule has 0 aromatic heterocycles. The number of rotatable bonds is 5. The lowest BCUT2D eigenvalue weighted by Gasteiger charge is -2.35. The fourth-order valence-electron chi connectivity index (χ4n) is 3.02. The van der Waals surface area contributed by atoms with E-state index < -0.39 is 31.7 Å². The number of carbonyl (C=O) groups excluding carboxylic acids is 2. The maximum absolute atomic E-state index is 12.8. The van der Waals surface area contributed by atoms with E-state index in [-0.39, 0.29) is 11.1 Å². The van der Waals surface area contributed by atoms with Crippen LogP contribution in [0.1, 0.15) is 40.1 Å². The van der Waals surface area contributed by atoms with Crippen LogP contribution in [0.2, 0.25) is 0 Å². The fraction of sp³-hybridized carbons (Fsp3) is 0.222. The maximum Gasteiger partial charge on any atom is 0.696 e. The van der Waals surface area contributed by atoms with Crippen LogP contribution in [0.3, 0.4) is 0 Å². The minimum Gasteiger partial charge on any atom is -0.268 e. The fourth-order valence-corrected chi connectivity index (χ4v) is 3.55. The molecular formula is C18H17NO5P+. The molecule has 0 radical (unpaired) electrons. The van der Waals surface area contributed by atoms with E-state index in [1.54, 1.807) is 38.1 Å². The van der Waals surface area contributed by atoms with Crippen molar-refractivity contribution in [1.29, 1.82) is 0 Å². The van der Waals surface area contributed by atoms with Crippen molar-refractivity contribution in [2.24, 2.45) is 0 Å². The van der Waals surface area contributed by atoms with Gasteiger partial charge in [-0.2, -0.15) is 0 Å². The first-order valence-electron chi connectivity index (χ1n) is 7.69. The van der Waals surface area contributed by atoms with Crippen LogP contribution >= 0.6 is 8.25 Å². The van der Waals surface area contributed by atoms with Gasteiger partial charge in [0.2, 0.25) is 6.23 Å². The average Bonchev–Trinajstić information content (AvgIpc) is 2.85. The Labute approximate surface area is 146 Å². The van der Waals surface area contributed by atoms with E-state index in [1.807, 2.05) is 30.3 Å². The Bertz CT molecular complexity index is 815. The van der Waals surface area contributed by atoms with Crippen LogP contribution in [0.5, 0.6) is 0 Å². The highest BCUT2D eigenvalue weighted by Gasteiger charge is 2.50. The molecule has 2 atom stereocenters. The predicted molar refractivity (Wildman–Crippen MR) is 91.1 cm³/mol. The topological polar surface area (TPSA) is 83.9 Å². The third kappa shape index (κ3) is 3.00. The highest BCUT2D eigenvalue weighted by molar-refractivity contribution is 7.32. The Hall–Kier alpha value is -2.40. The average molecular weight is 358 g/mol. The summed E-state index contributed by atoms with van der Waals surface area (Å²) in [7, 11) is -3.02. The zero-order valence-electron chi connectivity index (χ0n) is 13.7. The molecular weight excluding hydrogens is 341 g/mol. The summed E-state index contributed by atoms with van der Waals surface area (Å²) < 4.78 is 16.6. The van der Waals surface area contributed by atoms with E-state index in [9.17, 15) is 19.0 Å². The smallest absolute Gasteiger partial charge is 0.268 e. The number of fused-ring (bicyclic) bond motifs is 1. The van der Waals surface area contributed by atoms with Crippen molar-refractivity contribution < 1.29 is 23.6 Å². The largest absolute Gasteiger partial charge is 0.696 e. The zero-order chi connectivity index (χ0) is 18.2. The maximum atomic E-state index is 12.8. The van der Waals surface area contributed by atoms with Crippen LogP contribution in [-0.2, 0) is 14.5 Å². The Kier molecular flexibility index (Phi) is 4.52. The Balaban J connectivity index is 2.08. The van der Waals surface area contributed by atoms with Gasteiger partial charge in [0.1, 0.15) is 0 Å². The minimum absolute atomic E-state index is 0.262. The molecule has 0 aliphatic carbocycles. The standard InChI is InChI=1S/C18H16NO5P/c1-18(2,12-8-4-3-5-9-12)17(24-25(22)23)19-15(20)13-10-6-7-11-14(13)16(19)21/h3-11,17H,1-2H3/p+1. The Morgan fingerprint density at radius 1 is 0.960 bits per heavy atom. The summed E-state index contributed by atoms with van der Waals surface area (Å²) in [6.45, 7) is 3.52. The van der Waals surface area contributed by atoms with Crippen LogP contribution in [0, 0.1) is 0 Å². The van der Waals surface area contributed by atoms with Gasteiger partial charge in [0.05, 0.1) is 11.1 Å². The van der Waals surface area contributed by atoms with E-state index >= 15 is 0 Å². The molecule has 25 heavy (non-hydrogen) atoms. The number of imide groups is 1. The molecule has 1 aliphatic heterocycles. The first kappa shape index (κ1) is 17.4. The molecule has 0 spiro atoms. The van der Waals surface area contributed by atoms with Gasteiger partial charge in [-0.15, -0.1) is 4.89 Å². The number of hydrogen-bond acceptors (Lipinski definition) is 4.